The quantitative estimate of drug-likeness (QED) is 0.505. The van der Waals surface area contributed by atoms with Crippen molar-refractivity contribution in [1.29, 1.82) is 0 Å². The lowest BCUT2D eigenvalue weighted by molar-refractivity contribution is -0.114. The predicted octanol–water partition coefficient (Wildman–Crippen LogP) is 5.11. The molecule has 0 aliphatic rings. The maximum Gasteiger partial charge on any atom is 0.243 e. The van der Waals surface area contributed by atoms with Crippen LogP contribution < -0.4 is 20.1 Å². The average molecular weight is 390 g/mol. The molecular weight excluding hydrogens is 364 g/mol. The number of rotatable bonds is 10. The van der Waals surface area contributed by atoms with Gasteiger partial charge in [0, 0.05) is 17.4 Å². The third-order valence-electron chi connectivity index (χ3n) is 4.15. The zero-order valence-electron chi connectivity index (χ0n) is 16.6. The number of hydrogen-bond donors (Lipinski definition) is 2. The van der Waals surface area contributed by atoms with Crippen molar-refractivity contribution in [3.63, 3.8) is 0 Å². The summed E-state index contributed by atoms with van der Waals surface area (Å²) in [6, 6.07) is 25.0. The summed E-state index contributed by atoms with van der Waals surface area (Å²) in [5.74, 6) is 1.43. The highest BCUT2D eigenvalue weighted by Crippen LogP contribution is 2.19. The monoisotopic (exact) mass is 390 g/mol. The molecule has 0 unspecified atom stereocenters. The lowest BCUT2D eigenvalue weighted by Crippen LogP contribution is -2.21. The molecule has 0 radical (unpaired) electrons. The number of carbonyl (C=O) groups excluding carboxylic acids is 1. The molecule has 29 heavy (non-hydrogen) atoms. The van der Waals surface area contributed by atoms with Crippen LogP contribution in [0, 0.1) is 0 Å². The maximum absolute atomic E-state index is 12.2. The fourth-order valence-electron chi connectivity index (χ4n) is 2.68. The number of ether oxygens (including phenoxy) is 2. The van der Waals surface area contributed by atoms with Crippen LogP contribution in [-0.4, -0.2) is 19.1 Å². The van der Waals surface area contributed by atoms with Gasteiger partial charge < -0.3 is 20.1 Å². The first kappa shape index (κ1) is 20.3. The summed E-state index contributed by atoms with van der Waals surface area (Å²) >= 11 is 0. The minimum atomic E-state index is -0.122. The highest BCUT2D eigenvalue weighted by atomic mass is 16.5. The molecule has 3 aromatic rings. The van der Waals surface area contributed by atoms with E-state index >= 15 is 0 Å². The van der Waals surface area contributed by atoms with Crippen molar-refractivity contribution < 1.29 is 14.3 Å². The Morgan fingerprint density at radius 1 is 0.828 bits per heavy atom. The number of benzene rings is 3. The lowest BCUT2D eigenvalue weighted by Gasteiger charge is -2.11. The van der Waals surface area contributed by atoms with Crippen LogP contribution in [0.4, 0.5) is 11.4 Å². The van der Waals surface area contributed by atoms with Crippen LogP contribution in [0.5, 0.6) is 11.5 Å². The van der Waals surface area contributed by atoms with Crippen molar-refractivity contribution in [3.05, 3.63) is 84.4 Å². The fourth-order valence-corrected chi connectivity index (χ4v) is 2.68. The summed E-state index contributed by atoms with van der Waals surface area (Å²) in [4.78, 5) is 12.2. The van der Waals surface area contributed by atoms with Gasteiger partial charge in [0.05, 0.1) is 13.2 Å². The molecule has 0 aromatic heterocycles. The van der Waals surface area contributed by atoms with Gasteiger partial charge in [-0.25, -0.2) is 0 Å². The standard InChI is InChI=1S/C24H26N2O3/c1-2-15-28-23-10-6-9-21(16-23)25-17-24(27)26-20-11-13-22(14-12-20)29-18-19-7-4-3-5-8-19/h3-14,16,25H,2,15,17-18H2,1H3,(H,26,27). The summed E-state index contributed by atoms with van der Waals surface area (Å²) in [5.41, 5.74) is 2.68. The van der Waals surface area contributed by atoms with E-state index in [1.165, 1.54) is 0 Å². The summed E-state index contributed by atoms with van der Waals surface area (Å²) < 4.78 is 11.4. The first-order chi connectivity index (χ1) is 14.2. The van der Waals surface area contributed by atoms with E-state index < -0.39 is 0 Å². The number of carbonyl (C=O) groups is 1. The van der Waals surface area contributed by atoms with Gasteiger partial charge in [-0.1, -0.05) is 43.3 Å². The minimum Gasteiger partial charge on any atom is -0.494 e. The summed E-state index contributed by atoms with van der Waals surface area (Å²) in [5, 5.41) is 5.99. The molecule has 5 nitrogen and oxygen atoms in total. The van der Waals surface area contributed by atoms with E-state index in [1.54, 1.807) is 0 Å². The third kappa shape index (κ3) is 6.88. The smallest absolute Gasteiger partial charge is 0.243 e. The summed E-state index contributed by atoms with van der Waals surface area (Å²) in [7, 11) is 0. The molecule has 0 saturated heterocycles. The largest absolute Gasteiger partial charge is 0.494 e. The van der Waals surface area contributed by atoms with Gasteiger partial charge in [0.15, 0.2) is 0 Å². The van der Waals surface area contributed by atoms with Crippen LogP contribution >= 0.6 is 0 Å². The van der Waals surface area contributed by atoms with Crippen molar-refractivity contribution in [2.45, 2.75) is 20.0 Å². The first-order valence-corrected chi connectivity index (χ1v) is 9.76. The minimum absolute atomic E-state index is 0.122. The van der Waals surface area contributed by atoms with Crippen molar-refractivity contribution in [1.82, 2.24) is 0 Å². The van der Waals surface area contributed by atoms with Gasteiger partial charge in [-0.3, -0.25) is 4.79 Å². The molecule has 3 aromatic carbocycles. The topological polar surface area (TPSA) is 59.6 Å². The van der Waals surface area contributed by atoms with Gasteiger partial charge in [-0.15, -0.1) is 0 Å². The van der Waals surface area contributed by atoms with Gasteiger partial charge in [0.2, 0.25) is 5.91 Å². The van der Waals surface area contributed by atoms with E-state index in [4.69, 9.17) is 9.47 Å². The molecule has 0 heterocycles. The van der Waals surface area contributed by atoms with Gasteiger partial charge >= 0.3 is 0 Å². The second-order valence-electron chi connectivity index (χ2n) is 6.58. The van der Waals surface area contributed by atoms with E-state index in [0.717, 1.165) is 34.9 Å². The zero-order chi connectivity index (χ0) is 20.3. The Bertz CT molecular complexity index is 896. The Hall–Kier alpha value is -3.47. The van der Waals surface area contributed by atoms with E-state index in [9.17, 15) is 4.79 Å². The van der Waals surface area contributed by atoms with E-state index in [1.807, 2.05) is 78.9 Å². The maximum atomic E-state index is 12.2. The molecule has 5 heteroatoms. The van der Waals surface area contributed by atoms with Gasteiger partial charge in [-0.05, 0) is 48.4 Å². The van der Waals surface area contributed by atoms with Crippen molar-refractivity contribution in [2.75, 3.05) is 23.8 Å². The number of nitrogens with one attached hydrogen (secondary N) is 2. The second-order valence-corrected chi connectivity index (χ2v) is 6.58. The summed E-state index contributed by atoms with van der Waals surface area (Å²) in [6.45, 7) is 3.42. The van der Waals surface area contributed by atoms with E-state index in [-0.39, 0.29) is 12.5 Å². The predicted molar refractivity (Wildman–Crippen MR) is 117 cm³/mol. The zero-order valence-corrected chi connectivity index (χ0v) is 16.6. The molecule has 0 aliphatic heterocycles. The van der Waals surface area contributed by atoms with Crippen molar-refractivity contribution >= 4 is 17.3 Å². The van der Waals surface area contributed by atoms with Crippen LogP contribution in [0.15, 0.2) is 78.9 Å². The molecule has 0 fully saturated rings. The number of amides is 1. The Morgan fingerprint density at radius 2 is 1.62 bits per heavy atom. The van der Waals surface area contributed by atoms with Crippen LogP contribution in [0.3, 0.4) is 0 Å². The average Bonchev–Trinajstić information content (AvgIpc) is 2.77. The molecule has 3 rings (SSSR count). The fraction of sp³-hybridized carbons (Fsp3) is 0.208. The molecule has 150 valence electrons. The molecule has 0 spiro atoms. The number of anilines is 2. The second kappa shape index (κ2) is 10.8. The van der Waals surface area contributed by atoms with Gasteiger partial charge in [0.1, 0.15) is 18.1 Å². The molecular formula is C24H26N2O3. The molecule has 2 N–H and O–H groups in total. The molecule has 0 saturated carbocycles. The third-order valence-corrected chi connectivity index (χ3v) is 4.15. The highest BCUT2D eigenvalue weighted by Gasteiger charge is 2.04. The summed E-state index contributed by atoms with van der Waals surface area (Å²) in [6.07, 6.45) is 0.955. The Kier molecular flexibility index (Phi) is 7.52. The van der Waals surface area contributed by atoms with Crippen molar-refractivity contribution in [2.24, 2.45) is 0 Å². The Balaban J connectivity index is 1.44. The Labute approximate surface area is 171 Å². The number of hydrogen-bond acceptors (Lipinski definition) is 4. The van der Waals surface area contributed by atoms with Crippen molar-refractivity contribution in [3.8, 4) is 11.5 Å². The molecule has 0 aliphatic carbocycles. The molecule has 0 bridgehead atoms. The van der Waals surface area contributed by atoms with Gasteiger partial charge in [-0.2, -0.15) is 0 Å². The van der Waals surface area contributed by atoms with Crippen LogP contribution in [0.1, 0.15) is 18.9 Å². The van der Waals surface area contributed by atoms with Crippen LogP contribution in [-0.2, 0) is 11.4 Å². The van der Waals surface area contributed by atoms with Crippen LogP contribution in [0.2, 0.25) is 0 Å². The Morgan fingerprint density at radius 3 is 2.38 bits per heavy atom. The van der Waals surface area contributed by atoms with E-state index in [2.05, 4.69) is 17.6 Å². The van der Waals surface area contributed by atoms with E-state index in [0.29, 0.717) is 13.2 Å². The van der Waals surface area contributed by atoms with Gasteiger partial charge in [0.25, 0.3) is 0 Å². The lowest BCUT2D eigenvalue weighted by atomic mass is 10.2. The SMILES string of the molecule is CCCOc1cccc(NCC(=O)Nc2ccc(OCc3ccccc3)cc2)c1. The highest BCUT2D eigenvalue weighted by molar-refractivity contribution is 5.93. The normalized spacial score (nSPS) is 10.2. The van der Waals surface area contributed by atoms with Crippen LogP contribution in [0.25, 0.3) is 0 Å². The molecule has 0 atom stereocenters. The molecule has 1 amide bonds. The first-order valence-electron chi connectivity index (χ1n) is 9.76.